The molecule has 2 rings (SSSR count). The molecule has 6 nitrogen and oxygen atoms in total. The summed E-state index contributed by atoms with van der Waals surface area (Å²) in [6.45, 7) is 2.05. The average Bonchev–Trinajstić information content (AvgIpc) is 2.88. The highest BCUT2D eigenvalue weighted by molar-refractivity contribution is 5.94. The number of rotatable bonds is 6. The van der Waals surface area contributed by atoms with Crippen molar-refractivity contribution in [2.45, 2.75) is 19.4 Å². The summed E-state index contributed by atoms with van der Waals surface area (Å²) in [4.78, 5) is 23.8. The van der Waals surface area contributed by atoms with E-state index in [9.17, 15) is 9.59 Å². The van der Waals surface area contributed by atoms with Gasteiger partial charge in [0.15, 0.2) is 0 Å². The third kappa shape index (κ3) is 4.43. The van der Waals surface area contributed by atoms with Gasteiger partial charge in [0, 0.05) is 25.7 Å². The van der Waals surface area contributed by atoms with E-state index in [1.54, 1.807) is 30.8 Å². The van der Waals surface area contributed by atoms with Crippen molar-refractivity contribution in [3.8, 4) is 0 Å². The van der Waals surface area contributed by atoms with E-state index in [1.807, 2.05) is 30.3 Å². The van der Waals surface area contributed by atoms with Crippen LogP contribution in [0.3, 0.4) is 0 Å². The first-order valence-electron chi connectivity index (χ1n) is 7.45. The monoisotopic (exact) mass is 315 g/mol. The summed E-state index contributed by atoms with van der Waals surface area (Å²) in [5.74, 6) is -0.626. The first kappa shape index (κ1) is 16.8. The van der Waals surface area contributed by atoms with E-state index >= 15 is 0 Å². The summed E-state index contributed by atoms with van der Waals surface area (Å²) in [7, 11) is 1.72. The normalized spacial score (nSPS) is 11.8. The van der Waals surface area contributed by atoms with Crippen LogP contribution in [0.2, 0.25) is 0 Å². The zero-order valence-electron chi connectivity index (χ0n) is 13.3. The molecule has 1 amide bonds. The number of nitrogens with two attached hydrogens (primary N) is 1. The largest absolute Gasteiger partial charge is 0.461 e. The number of aromatic nitrogens is 1. The maximum Gasteiger partial charge on any atom is 0.355 e. The van der Waals surface area contributed by atoms with Crippen molar-refractivity contribution in [1.82, 2.24) is 4.57 Å². The number of carbonyl (C=O) groups excluding carboxylic acids is 2. The number of nitrogens with zero attached hydrogens (tertiary/aromatic N) is 1. The second-order valence-corrected chi connectivity index (χ2v) is 5.21. The first-order chi connectivity index (χ1) is 11.0. The second-order valence-electron chi connectivity index (χ2n) is 5.21. The van der Waals surface area contributed by atoms with Crippen LogP contribution in [0.1, 0.15) is 35.4 Å². The minimum absolute atomic E-state index is 0.160. The van der Waals surface area contributed by atoms with Gasteiger partial charge in [-0.25, -0.2) is 4.79 Å². The van der Waals surface area contributed by atoms with Gasteiger partial charge < -0.3 is 20.4 Å². The molecule has 0 bridgehead atoms. The van der Waals surface area contributed by atoms with E-state index in [2.05, 4.69) is 5.32 Å². The van der Waals surface area contributed by atoms with Crippen LogP contribution in [0.25, 0.3) is 0 Å². The Kier molecular flexibility index (Phi) is 5.54. The zero-order valence-corrected chi connectivity index (χ0v) is 13.3. The van der Waals surface area contributed by atoms with Crippen molar-refractivity contribution in [2.75, 3.05) is 11.9 Å². The van der Waals surface area contributed by atoms with E-state index in [-0.39, 0.29) is 18.4 Å². The summed E-state index contributed by atoms with van der Waals surface area (Å²) in [6.07, 6.45) is 1.83. The van der Waals surface area contributed by atoms with Crippen LogP contribution >= 0.6 is 0 Å². The Hall–Kier alpha value is -2.60. The van der Waals surface area contributed by atoms with E-state index in [1.165, 1.54) is 0 Å². The number of benzene rings is 1. The smallest absolute Gasteiger partial charge is 0.355 e. The van der Waals surface area contributed by atoms with Crippen LogP contribution in [-0.4, -0.2) is 23.1 Å². The van der Waals surface area contributed by atoms with Gasteiger partial charge in [-0.2, -0.15) is 0 Å². The average molecular weight is 315 g/mol. The van der Waals surface area contributed by atoms with Crippen LogP contribution < -0.4 is 11.1 Å². The quantitative estimate of drug-likeness (QED) is 0.800. The number of hydrogen-bond acceptors (Lipinski definition) is 4. The summed E-state index contributed by atoms with van der Waals surface area (Å²) in [5, 5.41) is 2.75. The molecule has 2 aromatic rings. The third-order valence-electron chi connectivity index (χ3n) is 3.41. The third-order valence-corrected chi connectivity index (χ3v) is 3.41. The highest BCUT2D eigenvalue weighted by Crippen LogP contribution is 2.17. The maximum absolute atomic E-state index is 12.1. The zero-order chi connectivity index (χ0) is 16.8. The lowest BCUT2D eigenvalue weighted by Gasteiger charge is -2.11. The van der Waals surface area contributed by atoms with Crippen molar-refractivity contribution >= 4 is 17.6 Å². The highest BCUT2D eigenvalue weighted by Gasteiger charge is 2.16. The van der Waals surface area contributed by atoms with Crippen LogP contribution in [0.5, 0.6) is 0 Å². The van der Waals surface area contributed by atoms with Gasteiger partial charge in [-0.05, 0) is 18.6 Å². The van der Waals surface area contributed by atoms with Crippen LogP contribution in [0.15, 0.2) is 42.6 Å². The molecule has 0 aliphatic carbocycles. The number of aryl methyl sites for hydroxylation is 1. The summed E-state index contributed by atoms with van der Waals surface area (Å²) in [6, 6.07) is 10.7. The fourth-order valence-electron chi connectivity index (χ4n) is 2.27. The Morgan fingerprint density at radius 2 is 2.00 bits per heavy atom. The molecule has 122 valence electrons. The molecule has 0 spiro atoms. The summed E-state index contributed by atoms with van der Waals surface area (Å²) >= 11 is 0. The minimum atomic E-state index is -0.420. The number of esters is 1. The number of nitrogens with one attached hydrogen (secondary N) is 1. The second kappa shape index (κ2) is 7.60. The molecule has 1 heterocycles. The number of ether oxygens (including phenoxy) is 1. The summed E-state index contributed by atoms with van der Waals surface area (Å²) < 4.78 is 6.57. The minimum Gasteiger partial charge on any atom is -0.461 e. The predicted molar refractivity (Wildman–Crippen MR) is 88.0 cm³/mol. The van der Waals surface area contributed by atoms with Crippen LogP contribution in [-0.2, 0) is 16.6 Å². The molecule has 1 unspecified atom stereocenters. The fourth-order valence-corrected chi connectivity index (χ4v) is 2.27. The van der Waals surface area contributed by atoms with Gasteiger partial charge in [0.05, 0.1) is 12.3 Å². The number of amides is 1. The van der Waals surface area contributed by atoms with Gasteiger partial charge in [-0.3, -0.25) is 4.79 Å². The SMILES string of the molecule is CCOC(=O)c1cc(NC(=O)CC(N)c2ccccc2)cn1C. The number of carbonyl (C=O) groups is 2. The first-order valence-corrected chi connectivity index (χ1v) is 7.45. The Balaban J connectivity index is 1.98. The molecule has 1 aromatic carbocycles. The van der Waals surface area contributed by atoms with Gasteiger partial charge in [0.1, 0.15) is 5.69 Å². The maximum atomic E-state index is 12.1. The standard InChI is InChI=1S/C17H21N3O3/c1-3-23-17(22)15-9-13(11-20(15)2)19-16(21)10-14(18)12-7-5-4-6-8-12/h4-9,11,14H,3,10,18H2,1-2H3,(H,19,21). The van der Waals surface area contributed by atoms with E-state index in [0.29, 0.717) is 18.0 Å². The van der Waals surface area contributed by atoms with Crippen molar-refractivity contribution < 1.29 is 14.3 Å². The fraction of sp³-hybridized carbons (Fsp3) is 0.294. The molecule has 23 heavy (non-hydrogen) atoms. The van der Waals surface area contributed by atoms with Gasteiger partial charge >= 0.3 is 5.97 Å². The number of anilines is 1. The lowest BCUT2D eigenvalue weighted by Crippen LogP contribution is -2.20. The Bertz CT molecular complexity index is 680. The lowest BCUT2D eigenvalue weighted by molar-refractivity contribution is -0.116. The molecule has 1 aromatic heterocycles. The molecule has 6 heteroatoms. The van der Waals surface area contributed by atoms with Crippen LogP contribution in [0.4, 0.5) is 5.69 Å². The van der Waals surface area contributed by atoms with Crippen molar-refractivity contribution in [3.63, 3.8) is 0 Å². The predicted octanol–water partition coefficient (Wildman–Crippen LogP) is 2.23. The Morgan fingerprint density at radius 1 is 1.30 bits per heavy atom. The van der Waals surface area contributed by atoms with Gasteiger partial charge in [0.25, 0.3) is 0 Å². The van der Waals surface area contributed by atoms with Gasteiger partial charge in [0.2, 0.25) is 5.91 Å². The molecule has 0 fully saturated rings. The van der Waals surface area contributed by atoms with Crippen molar-refractivity contribution in [1.29, 1.82) is 0 Å². The molecular weight excluding hydrogens is 294 g/mol. The van der Waals surface area contributed by atoms with E-state index in [4.69, 9.17) is 10.5 Å². The van der Waals surface area contributed by atoms with E-state index in [0.717, 1.165) is 5.56 Å². The molecule has 3 N–H and O–H groups in total. The topological polar surface area (TPSA) is 86.3 Å². The van der Waals surface area contributed by atoms with Gasteiger partial charge in [-0.15, -0.1) is 0 Å². The number of hydrogen-bond donors (Lipinski definition) is 2. The molecule has 0 radical (unpaired) electrons. The molecular formula is C17H21N3O3. The molecule has 0 aliphatic heterocycles. The van der Waals surface area contributed by atoms with Crippen molar-refractivity contribution in [3.05, 3.63) is 53.9 Å². The summed E-state index contributed by atoms with van der Waals surface area (Å²) in [5.41, 5.74) is 7.86. The molecule has 0 saturated heterocycles. The van der Waals surface area contributed by atoms with Crippen LogP contribution in [0, 0.1) is 0 Å². The molecule has 0 aliphatic rings. The Labute approximate surface area is 135 Å². The van der Waals surface area contributed by atoms with Gasteiger partial charge in [-0.1, -0.05) is 30.3 Å². The van der Waals surface area contributed by atoms with E-state index < -0.39 is 5.97 Å². The highest BCUT2D eigenvalue weighted by atomic mass is 16.5. The molecule has 0 saturated carbocycles. The van der Waals surface area contributed by atoms with Crippen molar-refractivity contribution in [2.24, 2.45) is 12.8 Å². The lowest BCUT2D eigenvalue weighted by atomic mass is 10.0. The molecule has 1 atom stereocenters. The Morgan fingerprint density at radius 3 is 2.65 bits per heavy atom.